The Hall–Kier alpha value is -2.87. The average molecular weight is 400 g/mol. The number of rotatable bonds is 3. The van der Waals surface area contributed by atoms with Gasteiger partial charge in [0, 0.05) is 12.6 Å². The Morgan fingerprint density at radius 2 is 1.03 bits per heavy atom. The van der Waals surface area contributed by atoms with Crippen molar-refractivity contribution in [2.75, 3.05) is 4.90 Å². The fraction of sp³-hybridized carbons (Fsp3) is 0.321. The highest BCUT2D eigenvalue weighted by atomic mass is 16.2. The molecule has 3 aromatic rings. The SMILES string of the molecule is CC(=O)N(c1ccc(-c2c(C)c(C)cc(C)c2C)cc1)c1c(C)c(C)cc(C)c1C. The summed E-state index contributed by atoms with van der Waals surface area (Å²) >= 11 is 0. The highest BCUT2D eigenvalue weighted by Crippen LogP contribution is 2.37. The number of hydrogen-bond acceptors (Lipinski definition) is 1. The van der Waals surface area contributed by atoms with Crippen molar-refractivity contribution < 1.29 is 4.79 Å². The predicted octanol–water partition coefficient (Wildman–Crippen LogP) is 7.51. The van der Waals surface area contributed by atoms with Gasteiger partial charge in [-0.2, -0.15) is 0 Å². The number of nitrogens with zero attached hydrogens (tertiary/aromatic N) is 1. The van der Waals surface area contributed by atoms with Gasteiger partial charge in [0.1, 0.15) is 0 Å². The maximum atomic E-state index is 12.8. The molecular formula is C28H33NO. The number of hydrogen-bond donors (Lipinski definition) is 0. The largest absolute Gasteiger partial charge is 0.281 e. The zero-order valence-corrected chi connectivity index (χ0v) is 19.8. The van der Waals surface area contributed by atoms with Gasteiger partial charge < -0.3 is 0 Å². The van der Waals surface area contributed by atoms with Gasteiger partial charge in [-0.25, -0.2) is 0 Å². The van der Waals surface area contributed by atoms with Gasteiger partial charge in [-0.3, -0.25) is 9.69 Å². The van der Waals surface area contributed by atoms with Crippen molar-refractivity contribution in [2.45, 2.75) is 62.3 Å². The molecule has 0 spiro atoms. The third-order valence-corrected chi connectivity index (χ3v) is 6.65. The van der Waals surface area contributed by atoms with Crippen LogP contribution in [0.25, 0.3) is 11.1 Å². The van der Waals surface area contributed by atoms with Crippen LogP contribution in [-0.2, 0) is 4.79 Å². The molecule has 0 radical (unpaired) electrons. The standard InChI is InChI=1S/C28H33NO/c1-16-14-17(2)21(6)27(20(16)5)25-10-12-26(13-11-25)29(24(9)30)28-22(7)18(3)15-19(4)23(28)8/h10-15H,1-9H3. The summed E-state index contributed by atoms with van der Waals surface area (Å²) in [5.41, 5.74) is 14.4. The lowest BCUT2D eigenvalue weighted by Gasteiger charge is -2.27. The molecule has 0 fully saturated rings. The van der Waals surface area contributed by atoms with E-state index in [0.29, 0.717) is 0 Å². The maximum Gasteiger partial charge on any atom is 0.228 e. The molecule has 156 valence electrons. The second kappa shape index (κ2) is 8.10. The van der Waals surface area contributed by atoms with Crippen molar-refractivity contribution in [2.24, 2.45) is 0 Å². The number of anilines is 2. The Morgan fingerprint density at radius 1 is 0.633 bits per heavy atom. The molecule has 1 amide bonds. The summed E-state index contributed by atoms with van der Waals surface area (Å²) in [4.78, 5) is 14.6. The van der Waals surface area contributed by atoms with E-state index >= 15 is 0 Å². The highest BCUT2D eigenvalue weighted by Gasteiger charge is 2.21. The fourth-order valence-corrected chi connectivity index (χ4v) is 4.43. The minimum absolute atomic E-state index is 0.0257. The van der Waals surface area contributed by atoms with Crippen LogP contribution in [0, 0.1) is 55.4 Å². The van der Waals surface area contributed by atoms with Gasteiger partial charge in [0.05, 0.1) is 5.69 Å². The fourth-order valence-electron chi connectivity index (χ4n) is 4.43. The van der Waals surface area contributed by atoms with Gasteiger partial charge in [-0.1, -0.05) is 24.3 Å². The van der Waals surface area contributed by atoms with Crippen molar-refractivity contribution in [1.29, 1.82) is 0 Å². The van der Waals surface area contributed by atoms with E-state index in [-0.39, 0.29) is 5.91 Å². The summed E-state index contributed by atoms with van der Waals surface area (Å²) in [6.07, 6.45) is 0. The van der Waals surface area contributed by atoms with E-state index in [1.54, 1.807) is 6.92 Å². The van der Waals surface area contributed by atoms with Crippen LogP contribution in [0.5, 0.6) is 0 Å². The Balaban J connectivity index is 2.16. The third kappa shape index (κ3) is 3.67. The first-order chi connectivity index (χ1) is 14.0. The van der Waals surface area contributed by atoms with Crippen LogP contribution in [0.15, 0.2) is 36.4 Å². The predicted molar refractivity (Wildman–Crippen MR) is 129 cm³/mol. The van der Waals surface area contributed by atoms with Crippen molar-refractivity contribution in [3.8, 4) is 11.1 Å². The van der Waals surface area contributed by atoms with E-state index < -0.39 is 0 Å². The first-order valence-electron chi connectivity index (χ1n) is 10.6. The zero-order valence-electron chi connectivity index (χ0n) is 19.8. The van der Waals surface area contributed by atoms with Crippen LogP contribution >= 0.6 is 0 Å². The lowest BCUT2D eigenvalue weighted by molar-refractivity contribution is -0.115. The quantitative estimate of drug-likeness (QED) is 0.446. The number of carbonyl (C=O) groups is 1. The first kappa shape index (κ1) is 21.8. The van der Waals surface area contributed by atoms with Crippen LogP contribution in [0.2, 0.25) is 0 Å². The zero-order chi connectivity index (χ0) is 22.3. The van der Waals surface area contributed by atoms with E-state index in [1.807, 2.05) is 4.90 Å². The normalized spacial score (nSPS) is 11.0. The van der Waals surface area contributed by atoms with Crippen LogP contribution in [0.4, 0.5) is 11.4 Å². The molecule has 3 rings (SSSR count). The molecule has 0 bridgehead atoms. The van der Waals surface area contributed by atoms with Crippen LogP contribution in [0.1, 0.15) is 51.4 Å². The van der Waals surface area contributed by atoms with Gasteiger partial charge in [0.2, 0.25) is 5.91 Å². The number of amides is 1. The molecule has 0 saturated carbocycles. The molecule has 0 saturated heterocycles. The van der Waals surface area contributed by atoms with Gasteiger partial charge in [-0.15, -0.1) is 0 Å². The number of carbonyl (C=O) groups excluding carboxylic acids is 1. The molecular weight excluding hydrogens is 366 g/mol. The number of benzene rings is 3. The summed E-state index contributed by atoms with van der Waals surface area (Å²) in [5, 5.41) is 0. The van der Waals surface area contributed by atoms with Crippen molar-refractivity contribution in [1.82, 2.24) is 0 Å². The van der Waals surface area contributed by atoms with E-state index in [9.17, 15) is 4.79 Å². The van der Waals surface area contributed by atoms with Gasteiger partial charge in [0.15, 0.2) is 0 Å². The van der Waals surface area contributed by atoms with Gasteiger partial charge in [-0.05, 0) is 123 Å². The van der Waals surface area contributed by atoms with Crippen molar-refractivity contribution >= 4 is 17.3 Å². The number of aryl methyl sites for hydroxylation is 4. The molecule has 0 aliphatic heterocycles. The van der Waals surface area contributed by atoms with E-state index in [0.717, 1.165) is 22.5 Å². The topological polar surface area (TPSA) is 20.3 Å². The smallest absolute Gasteiger partial charge is 0.228 e. The van der Waals surface area contributed by atoms with Crippen LogP contribution < -0.4 is 4.90 Å². The average Bonchev–Trinajstić information content (AvgIpc) is 2.69. The Kier molecular flexibility index (Phi) is 5.90. The van der Waals surface area contributed by atoms with Gasteiger partial charge >= 0.3 is 0 Å². The third-order valence-electron chi connectivity index (χ3n) is 6.65. The van der Waals surface area contributed by atoms with Gasteiger partial charge in [0.25, 0.3) is 0 Å². The highest BCUT2D eigenvalue weighted by molar-refractivity contribution is 6.01. The summed E-state index contributed by atoms with van der Waals surface area (Å²) < 4.78 is 0. The molecule has 0 heterocycles. The van der Waals surface area contributed by atoms with Crippen LogP contribution in [-0.4, -0.2) is 5.91 Å². The minimum atomic E-state index is 0.0257. The Bertz CT molecular complexity index is 1080. The summed E-state index contributed by atoms with van der Waals surface area (Å²) in [6, 6.07) is 12.9. The van der Waals surface area contributed by atoms with Crippen molar-refractivity contribution in [3.05, 3.63) is 80.9 Å². The second-order valence-corrected chi connectivity index (χ2v) is 8.65. The lowest BCUT2D eigenvalue weighted by Crippen LogP contribution is -2.25. The first-order valence-corrected chi connectivity index (χ1v) is 10.6. The second-order valence-electron chi connectivity index (χ2n) is 8.65. The maximum absolute atomic E-state index is 12.8. The summed E-state index contributed by atoms with van der Waals surface area (Å²) in [7, 11) is 0. The Labute approximate surface area is 181 Å². The van der Waals surface area contributed by atoms with E-state index in [2.05, 4.69) is 91.8 Å². The van der Waals surface area contributed by atoms with Crippen molar-refractivity contribution in [3.63, 3.8) is 0 Å². The Morgan fingerprint density at radius 3 is 1.43 bits per heavy atom. The molecule has 0 atom stereocenters. The molecule has 2 heteroatoms. The molecule has 3 aromatic carbocycles. The minimum Gasteiger partial charge on any atom is -0.281 e. The summed E-state index contributed by atoms with van der Waals surface area (Å²) in [6.45, 7) is 18.8. The molecule has 0 aliphatic carbocycles. The summed E-state index contributed by atoms with van der Waals surface area (Å²) in [5.74, 6) is 0.0257. The molecule has 0 N–H and O–H groups in total. The molecule has 30 heavy (non-hydrogen) atoms. The monoisotopic (exact) mass is 399 g/mol. The van der Waals surface area contributed by atoms with Crippen LogP contribution in [0.3, 0.4) is 0 Å². The molecule has 0 aliphatic rings. The molecule has 0 unspecified atom stereocenters. The molecule has 0 aromatic heterocycles. The van der Waals surface area contributed by atoms with E-state index in [4.69, 9.17) is 0 Å². The molecule has 2 nitrogen and oxygen atoms in total. The van der Waals surface area contributed by atoms with E-state index in [1.165, 1.54) is 44.5 Å². The lowest BCUT2D eigenvalue weighted by atomic mass is 9.89.